The molecule has 1 aromatic carbocycles. The van der Waals surface area contributed by atoms with Crippen molar-refractivity contribution in [3.05, 3.63) is 28.8 Å². The Morgan fingerprint density at radius 2 is 1.76 bits per heavy atom. The van der Waals surface area contributed by atoms with Gasteiger partial charge < -0.3 is 9.64 Å². The number of halogens is 1. The monoisotopic (exact) mass is 444 g/mol. The van der Waals surface area contributed by atoms with Crippen LogP contribution in [0.15, 0.2) is 23.1 Å². The highest BCUT2D eigenvalue weighted by molar-refractivity contribution is 7.89. The SMILES string of the molecule is CCN(CC)S(=O)(=O)c1ccc(Cl)c(C(=O)OCC(=O)N2[C@@H](C)CCC[C@@H]2C)c1. The van der Waals surface area contributed by atoms with E-state index in [4.69, 9.17) is 16.3 Å². The van der Waals surface area contributed by atoms with Crippen LogP contribution in [0, 0.1) is 0 Å². The van der Waals surface area contributed by atoms with Gasteiger partial charge in [-0.1, -0.05) is 25.4 Å². The average Bonchev–Trinajstić information content (AvgIpc) is 2.66. The van der Waals surface area contributed by atoms with E-state index in [0.29, 0.717) is 13.1 Å². The molecule has 1 aliphatic heterocycles. The van der Waals surface area contributed by atoms with Gasteiger partial charge in [-0.15, -0.1) is 0 Å². The maximum absolute atomic E-state index is 12.7. The van der Waals surface area contributed by atoms with Crippen LogP contribution in [0.5, 0.6) is 0 Å². The van der Waals surface area contributed by atoms with Crippen molar-refractivity contribution in [2.75, 3.05) is 19.7 Å². The molecule has 7 nitrogen and oxygen atoms in total. The molecule has 0 spiro atoms. The van der Waals surface area contributed by atoms with Gasteiger partial charge in [0.05, 0.1) is 15.5 Å². The van der Waals surface area contributed by atoms with Crippen molar-refractivity contribution in [1.29, 1.82) is 0 Å². The number of ether oxygens (including phenoxy) is 1. The number of carbonyl (C=O) groups excluding carboxylic acids is 2. The number of hydrogen-bond acceptors (Lipinski definition) is 5. The van der Waals surface area contributed by atoms with E-state index >= 15 is 0 Å². The summed E-state index contributed by atoms with van der Waals surface area (Å²) in [7, 11) is -3.75. The molecule has 2 atom stereocenters. The highest BCUT2D eigenvalue weighted by atomic mass is 35.5. The third-order valence-electron chi connectivity index (χ3n) is 5.31. The molecular weight excluding hydrogens is 416 g/mol. The fourth-order valence-electron chi connectivity index (χ4n) is 3.73. The van der Waals surface area contributed by atoms with Crippen molar-refractivity contribution >= 4 is 33.5 Å². The highest BCUT2D eigenvalue weighted by Gasteiger charge is 2.30. The smallest absolute Gasteiger partial charge is 0.340 e. The van der Waals surface area contributed by atoms with Crippen molar-refractivity contribution in [2.24, 2.45) is 0 Å². The van der Waals surface area contributed by atoms with Gasteiger partial charge in [0.2, 0.25) is 10.0 Å². The van der Waals surface area contributed by atoms with Crippen LogP contribution in [-0.4, -0.2) is 61.3 Å². The van der Waals surface area contributed by atoms with Gasteiger partial charge in [0, 0.05) is 25.2 Å². The number of amides is 1. The molecule has 0 N–H and O–H groups in total. The summed E-state index contributed by atoms with van der Waals surface area (Å²) >= 11 is 6.09. The van der Waals surface area contributed by atoms with E-state index in [-0.39, 0.29) is 33.5 Å². The number of piperidine rings is 1. The van der Waals surface area contributed by atoms with Gasteiger partial charge >= 0.3 is 5.97 Å². The maximum atomic E-state index is 12.7. The molecule has 1 aliphatic rings. The first-order valence-corrected chi connectivity index (χ1v) is 11.7. The molecule has 1 saturated heterocycles. The van der Waals surface area contributed by atoms with Crippen LogP contribution in [0.25, 0.3) is 0 Å². The zero-order valence-electron chi connectivity index (χ0n) is 17.4. The Labute approximate surface area is 178 Å². The van der Waals surface area contributed by atoms with Crippen LogP contribution in [0.4, 0.5) is 0 Å². The van der Waals surface area contributed by atoms with E-state index in [1.807, 2.05) is 13.8 Å². The topological polar surface area (TPSA) is 84.0 Å². The maximum Gasteiger partial charge on any atom is 0.340 e. The Balaban J connectivity index is 2.16. The summed E-state index contributed by atoms with van der Waals surface area (Å²) in [5.41, 5.74) is -0.0764. The summed E-state index contributed by atoms with van der Waals surface area (Å²) in [6, 6.07) is 4.10. The third kappa shape index (κ3) is 5.29. The van der Waals surface area contributed by atoms with Crippen LogP contribution >= 0.6 is 11.6 Å². The second-order valence-electron chi connectivity index (χ2n) is 7.24. The van der Waals surface area contributed by atoms with Crippen LogP contribution in [0.2, 0.25) is 5.02 Å². The number of nitrogens with zero attached hydrogens (tertiary/aromatic N) is 2. The van der Waals surface area contributed by atoms with Crippen molar-refractivity contribution in [2.45, 2.75) is 63.9 Å². The van der Waals surface area contributed by atoms with Gasteiger partial charge in [-0.2, -0.15) is 4.31 Å². The number of benzene rings is 1. The fourth-order valence-corrected chi connectivity index (χ4v) is 5.41. The van der Waals surface area contributed by atoms with Crippen LogP contribution < -0.4 is 0 Å². The van der Waals surface area contributed by atoms with E-state index in [9.17, 15) is 18.0 Å². The van der Waals surface area contributed by atoms with Crippen molar-refractivity contribution in [3.8, 4) is 0 Å². The average molecular weight is 445 g/mol. The summed E-state index contributed by atoms with van der Waals surface area (Å²) in [5.74, 6) is -1.08. The Hall–Kier alpha value is -1.64. The van der Waals surface area contributed by atoms with Crippen LogP contribution in [0.1, 0.15) is 57.3 Å². The lowest BCUT2D eigenvalue weighted by molar-refractivity contribution is -0.140. The standard InChI is InChI=1S/C20H29ClN2O5S/c1-5-22(6-2)29(26,27)16-10-11-18(21)17(12-16)20(25)28-13-19(24)23-14(3)8-7-9-15(23)4/h10-12,14-15H,5-9,13H2,1-4H3/t14-,15-/m0/s1. The lowest BCUT2D eigenvalue weighted by atomic mass is 9.97. The number of hydrogen-bond donors (Lipinski definition) is 0. The second-order valence-corrected chi connectivity index (χ2v) is 9.58. The minimum absolute atomic E-state index is 0.0397. The van der Waals surface area contributed by atoms with E-state index < -0.39 is 22.6 Å². The van der Waals surface area contributed by atoms with Crippen molar-refractivity contribution in [1.82, 2.24) is 9.21 Å². The Morgan fingerprint density at radius 3 is 2.31 bits per heavy atom. The summed E-state index contributed by atoms with van der Waals surface area (Å²) in [6.07, 6.45) is 2.90. The first-order chi connectivity index (χ1) is 13.6. The molecule has 162 valence electrons. The van der Waals surface area contributed by atoms with Gasteiger partial charge in [0.15, 0.2) is 6.61 Å². The first kappa shape index (κ1) is 23.6. The molecule has 0 unspecified atom stereocenters. The second kappa shape index (κ2) is 9.91. The van der Waals surface area contributed by atoms with E-state index in [1.54, 1.807) is 18.7 Å². The summed E-state index contributed by atoms with van der Waals surface area (Å²) in [6.45, 7) is 7.64. The highest BCUT2D eigenvalue weighted by Crippen LogP contribution is 2.25. The van der Waals surface area contributed by atoms with Gasteiger partial charge in [-0.3, -0.25) is 4.79 Å². The summed E-state index contributed by atoms with van der Waals surface area (Å²) in [4.78, 5) is 26.8. The van der Waals surface area contributed by atoms with E-state index in [2.05, 4.69) is 0 Å². The molecule has 2 rings (SSSR count). The number of sulfonamides is 1. The Kier molecular flexibility index (Phi) is 8.08. The molecular formula is C20H29ClN2O5S. The molecule has 1 aromatic rings. The largest absolute Gasteiger partial charge is 0.452 e. The Morgan fingerprint density at radius 1 is 1.17 bits per heavy atom. The molecule has 0 radical (unpaired) electrons. The zero-order chi connectivity index (χ0) is 21.8. The molecule has 29 heavy (non-hydrogen) atoms. The molecule has 0 aliphatic carbocycles. The molecule has 1 amide bonds. The predicted molar refractivity (Wildman–Crippen MR) is 111 cm³/mol. The van der Waals surface area contributed by atoms with Gasteiger partial charge in [-0.05, 0) is 51.3 Å². The number of carbonyl (C=O) groups is 2. The fraction of sp³-hybridized carbons (Fsp3) is 0.600. The molecule has 9 heteroatoms. The van der Waals surface area contributed by atoms with E-state index in [0.717, 1.165) is 19.3 Å². The first-order valence-electron chi connectivity index (χ1n) is 9.91. The van der Waals surface area contributed by atoms with Crippen molar-refractivity contribution < 1.29 is 22.7 Å². The lowest BCUT2D eigenvalue weighted by Crippen LogP contribution is -2.49. The van der Waals surface area contributed by atoms with Crippen LogP contribution in [-0.2, 0) is 19.6 Å². The quantitative estimate of drug-likeness (QED) is 0.602. The number of rotatable bonds is 7. The lowest BCUT2D eigenvalue weighted by Gasteiger charge is -2.38. The van der Waals surface area contributed by atoms with E-state index in [1.165, 1.54) is 22.5 Å². The van der Waals surface area contributed by atoms with Gasteiger partial charge in [-0.25, -0.2) is 13.2 Å². The van der Waals surface area contributed by atoms with Gasteiger partial charge in [0.1, 0.15) is 0 Å². The molecule has 1 fully saturated rings. The molecule has 0 saturated carbocycles. The normalized spacial score (nSPS) is 20.0. The number of likely N-dealkylation sites (tertiary alicyclic amines) is 1. The predicted octanol–water partition coefficient (Wildman–Crippen LogP) is 3.32. The minimum atomic E-state index is -3.75. The van der Waals surface area contributed by atoms with Crippen LogP contribution in [0.3, 0.4) is 0 Å². The number of esters is 1. The summed E-state index contributed by atoms with van der Waals surface area (Å²) < 4.78 is 31.9. The zero-order valence-corrected chi connectivity index (χ0v) is 18.9. The van der Waals surface area contributed by atoms with Crippen molar-refractivity contribution in [3.63, 3.8) is 0 Å². The summed E-state index contributed by atoms with van der Waals surface area (Å²) in [5, 5.41) is 0.0701. The third-order valence-corrected chi connectivity index (χ3v) is 7.68. The van der Waals surface area contributed by atoms with Gasteiger partial charge in [0.25, 0.3) is 5.91 Å². The molecule has 0 bridgehead atoms. The minimum Gasteiger partial charge on any atom is -0.452 e. The molecule has 1 heterocycles. The molecule has 0 aromatic heterocycles. The Bertz CT molecular complexity index is 844.